The molecular weight excluding hydrogens is 342 g/mol. The lowest BCUT2D eigenvalue weighted by Crippen LogP contribution is -2.26. The van der Waals surface area contributed by atoms with E-state index in [2.05, 4.69) is 15.8 Å². The van der Waals surface area contributed by atoms with Crippen molar-refractivity contribution in [3.63, 3.8) is 0 Å². The van der Waals surface area contributed by atoms with Crippen LogP contribution in [0.15, 0.2) is 41.5 Å². The fourth-order valence-electron chi connectivity index (χ4n) is 2.14. The van der Waals surface area contributed by atoms with Gasteiger partial charge in [0.1, 0.15) is 11.5 Å². The monoisotopic (exact) mass is 361 g/mol. The summed E-state index contributed by atoms with van der Waals surface area (Å²) in [6, 6.07) is 10.8. The van der Waals surface area contributed by atoms with E-state index in [9.17, 15) is 4.79 Å². The van der Waals surface area contributed by atoms with Gasteiger partial charge in [-0.3, -0.25) is 4.79 Å². The zero-order valence-corrected chi connectivity index (χ0v) is 15.1. The largest absolute Gasteiger partial charge is 0.497 e. The molecule has 2 aromatic carbocycles. The summed E-state index contributed by atoms with van der Waals surface area (Å²) in [6.45, 7) is 2.01. The smallest absolute Gasteiger partial charge is 0.259 e. The Morgan fingerprint density at radius 2 is 2.00 bits per heavy atom. The fourth-order valence-corrected chi connectivity index (χ4v) is 2.37. The van der Waals surface area contributed by atoms with Gasteiger partial charge in [-0.15, -0.1) is 0 Å². The number of hydrogen-bond acceptors (Lipinski definition) is 5. The Balaban J connectivity index is 1.90. The van der Waals surface area contributed by atoms with E-state index in [-0.39, 0.29) is 12.5 Å². The molecule has 0 aromatic heterocycles. The molecule has 132 valence electrons. The summed E-state index contributed by atoms with van der Waals surface area (Å²) in [5.74, 6) is 1.02. The number of anilines is 1. The Morgan fingerprint density at radius 3 is 2.68 bits per heavy atom. The van der Waals surface area contributed by atoms with Gasteiger partial charge in [-0.2, -0.15) is 5.10 Å². The first-order valence-corrected chi connectivity index (χ1v) is 7.95. The highest BCUT2D eigenvalue weighted by molar-refractivity contribution is 6.30. The van der Waals surface area contributed by atoms with E-state index in [1.54, 1.807) is 38.5 Å². The third kappa shape index (κ3) is 5.39. The number of halogens is 1. The number of carbonyl (C=O) groups excluding carboxylic acids is 1. The minimum absolute atomic E-state index is 0.0968. The van der Waals surface area contributed by atoms with Crippen LogP contribution in [0.4, 0.5) is 5.69 Å². The van der Waals surface area contributed by atoms with Crippen LogP contribution in [0.3, 0.4) is 0 Å². The van der Waals surface area contributed by atoms with Crippen molar-refractivity contribution in [3.8, 4) is 11.5 Å². The molecule has 0 radical (unpaired) electrons. The van der Waals surface area contributed by atoms with E-state index in [1.807, 2.05) is 19.1 Å². The molecule has 0 unspecified atom stereocenters. The van der Waals surface area contributed by atoms with E-state index >= 15 is 0 Å². The lowest BCUT2D eigenvalue weighted by Gasteiger charge is -2.09. The molecule has 0 aliphatic rings. The van der Waals surface area contributed by atoms with Gasteiger partial charge in [0.25, 0.3) is 5.91 Å². The van der Waals surface area contributed by atoms with Crippen LogP contribution in [0, 0.1) is 6.92 Å². The first-order chi connectivity index (χ1) is 12.0. The van der Waals surface area contributed by atoms with Gasteiger partial charge in [0.2, 0.25) is 0 Å². The first-order valence-electron chi connectivity index (χ1n) is 7.57. The Labute approximate surface area is 151 Å². The third-order valence-electron chi connectivity index (χ3n) is 3.46. The van der Waals surface area contributed by atoms with Crippen molar-refractivity contribution in [2.45, 2.75) is 6.92 Å². The Hall–Kier alpha value is -2.73. The predicted octanol–water partition coefficient (Wildman–Crippen LogP) is 3.23. The summed E-state index contributed by atoms with van der Waals surface area (Å²) in [6.07, 6.45) is 1.52. The number of nitrogens with zero attached hydrogens (tertiary/aromatic N) is 1. The zero-order valence-electron chi connectivity index (χ0n) is 14.3. The molecule has 0 saturated carbocycles. The second-order valence-corrected chi connectivity index (χ2v) is 5.65. The second kappa shape index (κ2) is 8.94. The highest BCUT2D eigenvalue weighted by atomic mass is 35.5. The number of methoxy groups -OCH3 is 2. The van der Waals surface area contributed by atoms with Gasteiger partial charge in [-0.1, -0.05) is 11.6 Å². The Kier molecular flexibility index (Phi) is 6.65. The minimum atomic E-state index is -0.266. The van der Waals surface area contributed by atoms with Crippen LogP contribution in [0.5, 0.6) is 11.5 Å². The molecule has 25 heavy (non-hydrogen) atoms. The predicted molar refractivity (Wildman–Crippen MR) is 100.0 cm³/mol. The normalized spacial score (nSPS) is 10.6. The van der Waals surface area contributed by atoms with Crippen LogP contribution in [0.1, 0.15) is 11.1 Å². The van der Waals surface area contributed by atoms with Crippen LogP contribution >= 0.6 is 11.6 Å². The van der Waals surface area contributed by atoms with Crippen LogP contribution in [-0.2, 0) is 4.79 Å². The maximum Gasteiger partial charge on any atom is 0.259 e. The molecule has 0 aliphatic carbocycles. The average molecular weight is 362 g/mol. The van der Waals surface area contributed by atoms with Crippen LogP contribution in [-0.4, -0.2) is 32.9 Å². The molecule has 2 aromatic rings. The summed E-state index contributed by atoms with van der Waals surface area (Å²) in [7, 11) is 3.14. The molecule has 2 N–H and O–H groups in total. The molecule has 0 saturated heterocycles. The van der Waals surface area contributed by atoms with E-state index in [0.717, 1.165) is 16.8 Å². The van der Waals surface area contributed by atoms with Crippen molar-refractivity contribution in [1.29, 1.82) is 0 Å². The van der Waals surface area contributed by atoms with E-state index in [4.69, 9.17) is 21.1 Å². The minimum Gasteiger partial charge on any atom is -0.497 e. The van der Waals surface area contributed by atoms with E-state index in [1.165, 1.54) is 6.21 Å². The molecule has 0 spiro atoms. The SMILES string of the molecule is COc1ccc(/C=N\NC(=O)CNc2ccc(Cl)cc2C)c(OC)c1. The van der Waals surface area contributed by atoms with Gasteiger partial charge in [0.05, 0.1) is 27.0 Å². The highest BCUT2D eigenvalue weighted by Gasteiger charge is 2.04. The molecule has 0 bridgehead atoms. The highest BCUT2D eigenvalue weighted by Crippen LogP contribution is 2.23. The van der Waals surface area contributed by atoms with Crippen molar-refractivity contribution in [1.82, 2.24) is 5.43 Å². The summed E-state index contributed by atoms with van der Waals surface area (Å²) in [4.78, 5) is 11.9. The van der Waals surface area contributed by atoms with Crippen molar-refractivity contribution in [3.05, 3.63) is 52.5 Å². The number of amides is 1. The zero-order chi connectivity index (χ0) is 18.2. The van der Waals surface area contributed by atoms with Crippen LogP contribution in [0.25, 0.3) is 0 Å². The number of benzene rings is 2. The summed E-state index contributed by atoms with van der Waals surface area (Å²) >= 11 is 5.91. The summed E-state index contributed by atoms with van der Waals surface area (Å²) in [5.41, 5.74) is 5.01. The van der Waals surface area contributed by atoms with Crippen LogP contribution < -0.4 is 20.2 Å². The van der Waals surface area contributed by atoms with Gasteiger partial charge in [0, 0.05) is 22.3 Å². The van der Waals surface area contributed by atoms with Gasteiger partial charge in [-0.05, 0) is 42.8 Å². The second-order valence-electron chi connectivity index (χ2n) is 5.21. The molecule has 0 atom stereocenters. The first kappa shape index (κ1) is 18.6. The van der Waals surface area contributed by atoms with Crippen molar-refractivity contribution in [2.24, 2.45) is 5.10 Å². The molecule has 6 nitrogen and oxygen atoms in total. The number of carbonyl (C=O) groups is 1. The van der Waals surface area contributed by atoms with Crippen molar-refractivity contribution >= 4 is 29.4 Å². The Bertz CT molecular complexity index is 778. The van der Waals surface area contributed by atoms with Gasteiger partial charge < -0.3 is 14.8 Å². The summed E-state index contributed by atoms with van der Waals surface area (Å²) < 4.78 is 10.4. The van der Waals surface area contributed by atoms with Crippen molar-refractivity contribution in [2.75, 3.05) is 26.1 Å². The Morgan fingerprint density at radius 1 is 1.20 bits per heavy atom. The third-order valence-corrected chi connectivity index (χ3v) is 3.70. The maximum absolute atomic E-state index is 11.9. The molecule has 0 heterocycles. The van der Waals surface area contributed by atoms with E-state index in [0.29, 0.717) is 16.5 Å². The molecule has 1 amide bonds. The molecule has 7 heteroatoms. The van der Waals surface area contributed by atoms with Gasteiger partial charge >= 0.3 is 0 Å². The number of aryl methyl sites for hydroxylation is 1. The topological polar surface area (TPSA) is 72.0 Å². The van der Waals surface area contributed by atoms with Gasteiger partial charge in [-0.25, -0.2) is 5.43 Å². The van der Waals surface area contributed by atoms with Crippen LogP contribution in [0.2, 0.25) is 5.02 Å². The number of hydrazone groups is 1. The number of ether oxygens (including phenoxy) is 2. The molecule has 2 rings (SSSR count). The maximum atomic E-state index is 11.9. The number of nitrogens with one attached hydrogen (secondary N) is 2. The lowest BCUT2D eigenvalue weighted by molar-refractivity contribution is -0.119. The lowest BCUT2D eigenvalue weighted by atomic mass is 10.2. The molecule has 0 aliphatic heterocycles. The number of rotatable bonds is 7. The van der Waals surface area contributed by atoms with Crippen molar-refractivity contribution < 1.29 is 14.3 Å². The standard InChI is InChI=1S/C18H20ClN3O3/c1-12-8-14(19)5-7-16(12)20-11-18(23)22-21-10-13-4-6-15(24-2)9-17(13)25-3/h4-10,20H,11H2,1-3H3,(H,22,23)/b21-10-. The number of hydrogen-bond donors (Lipinski definition) is 2. The fraction of sp³-hybridized carbons (Fsp3) is 0.222. The quantitative estimate of drug-likeness (QED) is 0.586. The van der Waals surface area contributed by atoms with Gasteiger partial charge in [0.15, 0.2) is 0 Å². The average Bonchev–Trinajstić information content (AvgIpc) is 2.61. The summed E-state index contributed by atoms with van der Waals surface area (Å²) in [5, 5.41) is 7.65. The van der Waals surface area contributed by atoms with E-state index < -0.39 is 0 Å². The molecule has 0 fully saturated rings. The molecular formula is C18H20ClN3O3.